The maximum atomic E-state index is 12.0. The molecule has 0 saturated heterocycles. The maximum absolute atomic E-state index is 12.0. The van der Waals surface area contributed by atoms with Gasteiger partial charge in [-0.1, -0.05) is 5.92 Å². The van der Waals surface area contributed by atoms with Crippen molar-refractivity contribution in [1.82, 2.24) is 0 Å². The zero-order valence-electron chi connectivity index (χ0n) is 11.8. The number of terminal acetylenes is 1. The molecular weight excluding hydrogens is 256 g/mol. The Morgan fingerprint density at radius 3 is 2.15 bits per heavy atom. The molecule has 0 unspecified atom stereocenters. The van der Waals surface area contributed by atoms with Gasteiger partial charge in [0.25, 0.3) is 0 Å². The fourth-order valence-electron chi connectivity index (χ4n) is 1.56. The van der Waals surface area contributed by atoms with Crippen LogP contribution >= 0.6 is 0 Å². The van der Waals surface area contributed by atoms with Crippen molar-refractivity contribution in [2.45, 2.75) is 12.8 Å². The van der Waals surface area contributed by atoms with Crippen molar-refractivity contribution in [3.05, 3.63) is 17.7 Å². The van der Waals surface area contributed by atoms with Crippen LogP contribution in [0.1, 0.15) is 23.2 Å². The van der Waals surface area contributed by atoms with E-state index in [1.807, 2.05) is 0 Å². The molecule has 1 aromatic rings. The summed E-state index contributed by atoms with van der Waals surface area (Å²) in [4.78, 5) is 12.0. The van der Waals surface area contributed by atoms with Crippen molar-refractivity contribution in [1.29, 1.82) is 0 Å². The van der Waals surface area contributed by atoms with E-state index < -0.39 is 0 Å². The van der Waals surface area contributed by atoms with Gasteiger partial charge in [0.15, 0.2) is 11.5 Å². The molecule has 0 bridgehead atoms. The Morgan fingerprint density at radius 1 is 1.10 bits per heavy atom. The Hall–Kier alpha value is -2.59. The second kappa shape index (κ2) is 7.76. The van der Waals surface area contributed by atoms with E-state index in [0.29, 0.717) is 35.7 Å². The van der Waals surface area contributed by atoms with E-state index in [2.05, 4.69) is 17.8 Å². The first kappa shape index (κ1) is 15.5. The molecule has 0 heterocycles. The van der Waals surface area contributed by atoms with Crippen molar-refractivity contribution >= 4 is 5.78 Å². The number of ketones is 1. The first-order valence-corrected chi connectivity index (χ1v) is 5.94. The third kappa shape index (κ3) is 3.70. The number of benzene rings is 1. The van der Waals surface area contributed by atoms with E-state index in [0.717, 1.165) is 0 Å². The summed E-state index contributed by atoms with van der Waals surface area (Å²) in [6.07, 6.45) is 6.13. The Kier molecular flexibility index (Phi) is 6.00. The molecule has 0 amide bonds. The fraction of sp³-hybridized carbons (Fsp3) is 0.312. The largest absolute Gasteiger partial charge is 0.493 e. The minimum Gasteiger partial charge on any atom is -0.493 e. The molecular formula is C16H16O4. The summed E-state index contributed by atoms with van der Waals surface area (Å²) in [5, 5.41) is 0. The fourth-order valence-corrected chi connectivity index (χ4v) is 1.56. The third-order valence-electron chi connectivity index (χ3n) is 2.52. The van der Waals surface area contributed by atoms with Crippen molar-refractivity contribution in [2.24, 2.45) is 0 Å². The Morgan fingerprint density at radius 2 is 1.70 bits per heavy atom. The highest BCUT2D eigenvalue weighted by atomic mass is 16.5. The molecule has 0 aliphatic carbocycles. The first-order chi connectivity index (χ1) is 9.67. The van der Waals surface area contributed by atoms with Gasteiger partial charge in [-0.05, 0) is 18.1 Å². The van der Waals surface area contributed by atoms with Gasteiger partial charge in [0.2, 0.25) is 11.5 Å². The molecule has 0 saturated carbocycles. The van der Waals surface area contributed by atoms with E-state index in [-0.39, 0.29) is 5.78 Å². The summed E-state index contributed by atoms with van der Waals surface area (Å²) in [6.45, 7) is 0. The quantitative estimate of drug-likeness (QED) is 0.357. The average molecular weight is 272 g/mol. The average Bonchev–Trinajstić information content (AvgIpc) is 2.49. The number of hydrogen-bond donors (Lipinski definition) is 0. The minimum absolute atomic E-state index is 0.318. The molecule has 0 aliphatic heterocycles. The Balaban J connectivity index is 3.09. The van der Waals surface area contributed by atoms with Crippen molar-refractivity contribution in [3.8, 4) is 41.4 Å². The molecule has 20 heavy (non-hydrogen) atoms. The molecule has 0 radical (unpaired) electrons. The van der Waals surface area contributed by atoms with E-state index in [1.165, 1.54) is 21.3 Å². The monoisotopic (exact) mass is 272 g/mol. The van der Waals surface area contributed by atoms with Crippen molar-refractivity contribution in [2.75, 3.05) is 21.3 Å². The summed E-state index contributed by atoms with van der Waals surface area (Å²) in [7, 11) is 4.48. The van der Waals surface area contributed by atoms with Gasteiger partial charge in [-0.25, -0.2) is 0 Å². The smallest absolute Gasteiger partial charge is 0.236 e. The van der Waals surface area contributed by atoms with Crippen molar-refractivity contribution in [3.63, 3.8) is 0 Å². The highest BCUT2D eigenvalue weighted by Gasteiger charge is 2.15. The number of hydrogen-bond acceptors (Lipinski definition) is 4. The Labute approximate surface area is 119 Å². The third-order valence-corrected chi connectivity index (χ3v) is 2.52. The van der Waals surface area contributed by atoms with E-state index in [4.69, 9.17) is 20.6 Å². The predicted octanol–water partition coefficient (Wildman–Crippen LogP) is 2.31. The van der Waals surface area contributed by atoms with Gasteiger partial charge in [0.1, 0.15) is 0 Å². The minimum atomic E-state index is -0.318. The maximum Gasteiger partial charge on any atom is 0.236 e. The molecule has 4 nitrogen and oxygen atoms in total. The van der Waals surface area contributed by atoms with Crippen LogP contribution in [0.2, 0.25) is 0 Å². The zero-order valence-corrected chi connectivity index (χ0v) is 11.8. The summed E-state index contributed by atoms with van der Waals surface area (Å²) >= 11 is 0. The topological polar surface area (TPSA) is 44.8 Å². The lowest BCUT2D eigenvalue weighted by atomic mass is 10.1. The predicted molar refractivity (Wildman–Crippen MR) is 76.3 cm³/mol. The van der Waals surface area contributed by atoms with E-state index in [9.17, 15) is 4.79 Å². The zero-order chi connectivity index (χ0) is 15.0. The van der Waals surface area contributed by atoms with Gasteiger partial charge in [-0.2, -0.15) is 0 Å². The summed E-state index contributed by atoms with van der Waals surface area (Å²) < 4.78 is 15.5. The standard InChI is InChI=1S/C16H16O4/c1-5-6-7-8-9-13(17)12-10-14(18-2)16(20-4)15(11-12)19-3/h1,10-11H,6-7H2,2-4H3. The molecule has 0 aliphatic rings. The number of methoxy groups -OCH3 is 3. The normalized spacial score (nSPS) is 8.90. The van der Waals surface area contributed by atoms with Gasteiger partial charge >= 0.3 is 0 Å². The van der Waals surface area contributed by atoms with Crippen LogP contribution in [0.25, 0.3) is 0 Å². The summed E-state index contributed by atoms with van der Waals surface area (Å²) in [5.74, 6) is 8.69. The molecule has 0 fully saturated rings. The van der Waals surface area contributed by atoms with Crippen LogP contribution in [0, 0.1) is 24.2 Å². The van der Waals surface area contributed by atoms with Crippen molar-refractivity contribution < 1.29 is 19.0 Å². The van der Waals surface area contributed by atoms with Crippen LogP contribution in [-0.2, 0) is 0 Å². The number of rotatable bonds is 5. The number of carbonyl (C=O) groups is 1. The number of carbonyl (C=O) groups excluding carboxylic acids is 1. The second-order valence-electron chi connectivity index (χ2n) is 3.75. The number of unbranched alkanes of at least 4 members (excludes halogenated alkanes) is 1. The lowest BCUT2D eigenvalue weighted by Gasteiger charge is -2.12. The molecule has 1 rings (SSSR count). The second-order valence-corrected chi connectivity index (χ2v) is 3.75. The van der Waals surface area contributed by atoms with Gasteiger partial charge in [-0.15, -0.1) is 12.3 Å². The van der Waals surface area contributed by atoms with Gasteiger partial charge in [0, 0.05) is 18.4 Å². The summed E-state index contributed by atoms with van der Waals surface area (Å²) in [6, 6.07) is 3.14. The van der Waals surface area contributed by atoms with Crippen LogP contribution < -0.4 is 14.2 Å². The first-order valence-electron chi connectivity index (χ1n) is 5.94. The van der Waals surface area contributed by atoms with Gasteiger partial charge in [-0.3, -0.25) is 4.79 Å². The number of Topliss-reactive ketones (excluding diaryl/α,β-unsaturated/α-hetero) is 1. The molecule has 4 heteroatoms. The van der Waals surface area contributed by atoms with Gasteiger partial charge < -0.3 is 14.2 Å². The Bertz CT molecular complexity index is 560. The lowest BCUT2D eigenvalue weighted by Crippen LogP contribution is -2.00. The molecule has 1 aromatic carbocycles. The van der Waals surface area contributed by atoms with Crippen LogP contribution in [-0.4, -0.2) is 27.1 Å². The highest BCUT2D eigenvalue weighted by Crippen LogP contribution is 2.38. The van der Waals surface area contributed by atoms with E-state index in [1.54, 1.807) is 12.1 Å². The SMILES string of the molecule is C#CCCC#CC(=O)c1cc(OC)c(OC)c(OC)c1. The van der Waals surface area contributed by atoms with E-state index >= 15 is 0 Å². The lowest BCUT2D eigenvalue weighted by molar-refractivity contribution is 0.105. The molecule has 104 valence electrons. The van der Waals surface area contributed by atoms with Crippen LogP contribution in [0.5, 0.6) is 17.2 Å². The molecule has 0 N–H and O–H groups in total. The molecule has 0 aromatic heterocycles. The molecule has 0 atom stereocenters. The van der Waals surface area contributed by atoms with Crippen LogP contribution in [0.15, 0.2) is 12.1 Å². The van der Waals surface area contributed by atoms with Crippen LogP contribution in [0.3, 0.4) is 0 Å². The highest BCUT2D eigenvalue weighted by molar-refractivity contribution is 6.09. The molecule has 0 spiro atoms. The summed E-state index contributed by atoms with van der Waals surface area (Å²) in [5.41, 5.74) is 0.382. The van der Waals surface area contributed by atoms with Crippen LogP contribution in [0.4, 0.5) is 0 Å². The van der Waals surface area contributed by atoms with Gasteiger partial charge in [0.05, 0.1) is 21.3 Å². The number of ether oxygens (including phenoxy) is 3.